The highest BCUT2D eigenvalue weighted by Crippen LogP contribution is 2.25. The first-order chi connectivity index (χ1) is 15.9. The average Bonchev–Trinajstić information content (AvgIpc) is 2.73. The van der Waals surface area contributed by atoms with Gasteiger partial charge in [-0.05, 0) is 44.0 Å². The highest BCUT2D eigenvalue weighted by atomic mass is 79.9. The molecule has 0 aliphatic carbocycles. The number of nitrogens with zero attached hydrogens (tertiary/aromatic N) is 4. The molecule has 0 atom stereocenters. The second kappa shape index (κ2) is 12.7. The zero-order chi connectivity index (χ0) is 25.5. The number of carbonyl (C=O) groups excluding carboxylic acids is 2. The van der Waals surface area contributed by atoms with Gasteiger partial charge in [0, 0.05) is 11.8 Å². The zero-order valence-corrected chi connectivity index (χ0v) is 22.1. The number of likely N-dealkylation sites (N-methyl/N-ethyl adjacent to an activating group) is 1. The summed E-state index contributed by atoms with van der Waals surface area (Å²) in [6, 6.07) is 11.8. The minimum Gasteiger partial charge on any atom is -1.00 e. The Morgan fingerprint density at radius 1 is 1.03 bits per heavy atom. The summed E-state index contributed by atoms with van der Waals surface area (Å²) < 4.78 is 0.397. The zero-order valence-electron chi connectivity index (χ0n) is 20.5. The number of halogens is 1. The number of quaternary nitrogens is 1. The van der Waals surface area contributed by atoms with Gasteiger partial charge in [0.05, 0.1) is 31.8 Å². The van der Waals surface area contributed by atoms with E-state index in [0.29, 0.717) is 15.7 Å². The van der Waals surface area contributed by atoms with E-state index in [2.05, 4.69) is 26.4 Å². The van der Waals surface area contributed by atoms with Crippen molar-refractivity contribution in [3.05, 3.63) is 63.7 Å². The van der Waals surface area contributed by atoms with Crippen molar-refractivity contribution in [2.45, 2.75) is 20.8 Å². The van der Waals surface area contributed by atoms with E-state index < -0.39 is 10.8 Å². The summed E-state index contributed by atoms with van der Waals surface area (Å²) in [6.07, 6.45) is 0. The van der Waals surface area contributed by atoms with Crippen molar-refractivity contribution in [2.24, 2.45) is 10.2 Å². The molecule has 2 aromatic rings. The van der Waals surface area contributed by atoms with Gasteiger partial charge in [0.15, 0.2) is 12.3 Å². The first kappa shape index (κ1) is 29.4. The highest BCUT2D eigenvalue weighted by Gasteiger charge is 2.20. The van der Waals surface area contributed by atoms with E-state index in [1.165, 1.54) is 19.1 Å². The van der Waals surface area contributed by atoms with Gasteiger partial charge in [-0.3, -0.25) is 25.1 Å². The van der Waals surface area contributed by atoms with Crippen molar-refractivity contribution in [3.8, 4) is 0 Å². The number of nitro benzene ring substituents is 1. The predicted octanol–water partition coefficient (Wildman–Crippen LogP) is -0.179. The van der Waals surface area contributed by atoms with E-state index in [1.807, 2.05) is 40.2 Å². The number of anilines is 2. The molecule has 3 N–H and O–H groups in total. The van der Waals surface area contributed by atoms with Crippen LogP contribution in [0.3, 0.4) is 0 Å². The molecule has 0 spiro atoms. The van der Waals surface area contributed by atoms with Gasteiger partial charge in [0.1, 0.15) is 5.69 Å². The maximum atomic E-state index is 13.1. The third kappa shape index (κ3) is 9.26. The normalized spacial score (nSPS) is 11.8. The van der Waals surface area contributed by atoms with Gasteiger partial charge >= 0.3 is 0 Å². The van der Waals surface area contributed by atoms with Gasteiger partial charge in [0.2, 0.25) is 0 Å². The minimum atomic E-state index is -0.598. The molecule has 0 aliphatic heterocycles. The predicted molar refractivity (Wildman–Crippen MR) is 133 cm³/mol. The molecule has 2 aromatic carbocycles. The molecule has 0 saturated heterocycles. The Bertz CT molecular complexity index is 1160. The van der Waals surface area contributed by atoms with E-state index in [4.69, 9.17) is 0 Å². The second-order valence-corrected chi connectivity index (χ2v) is 8.80. The fraction of sp³-hybridized carbons (Fsp3) is 0.304. The Labute approximate surface area is 214 Å². The Kier molecular flexibility index (Phi) is 10.7. The smallest absolute Gasteiger partial charge is 0.295 e. The summed E-state index contributed by atoms with van der Waals surface area (Å²) in [5.41, 5.74) is 7.02. The van der Waals surface area contributed by atoms with Gasteiger partial charge in [-0.1, -0.05) is 24.3 Å². The lowest BCUT2D eigenvalue weighted by molar-refractivity contribution is -0.862. The SMILES string of the molecule is CC(=N\NC(=O)C[N+](C)(C)C)/C(=N/Nc1ccc(C)cc1[N+](=O)[O-])C(=O)Nc1ccccc1C.[Br-]. The summed E-state index contributed by atoms with van der Waals surface area (Å²) in [7, 11) is 5.57. The van der Waals surface area contributed by atoms with Crippen LogP contribution in [0.4, 0.5) is 17.1 Å². The summed E-state index contributed by atoms with van der Waals surface area (Å²) in [6.45, 7) is 5.25. The van der Waals surface area contributed by atoms with Crippen LogP contribution in [0, 0.1) is 24.0 Å². The van der Waals surface area contributed by atoms with Crippen LogP contribution in [0.2, 0.25) is 0 Å². The number of para-hydroxylation sites is 1. The maximum Gasteiger partial charge on any atom is 0.295 e. The lowest BCUT2D eigenvalue weighted by Crippen LogP contribution is -3.00. The number of rotatable bonds is 9. The number of carbonyl (C=O) groups is 2. The van der Waals surface area contributed by atoms with Gasteiger partial charge in [-0.2, -0.15) is 10.2 Å². The van der Waals surface area contributed by atoms with E-state index in [0.717, 1.165) is 5.56 Å². The molecule has 35 heavy (non-hydrogen) atoms. The summed E-state index contributed by atoms with van der Waals surface area (Å²) >= 11 is 0. The van der Waals surface area contributed by atoms with Gasteiger partial charge in [-0.25, -0.2) is 5.43 Å². The number of hydrogen-bond donors (Lipinski definition) is 3. The van der Waals surface area contributed by atoms with Gasteiger partial charge in [-0.15, -0.1) is 0 Å². The molecular formula is C23H30BrN7O4. The Hall–Kier alpha value is -3.64. The van der Waals surface area contributed by atoms with Crippen LogP contribution in [0.1, 0.15) is 18.1 Å². The number of benzene rings is 2. The fourth-order valence-corrected chi connectivity index (χ4v) is 2.86. The quantitative estimate of drug-likeness (QED) is 0.173. The molecule has 11 nitrogen and oxygen atoms in total. The molecule has 2 amide bonds. The van der Waals surface area contributed by atoms with E-state index in [-0.39, 0.29) is 52.2 Å². The van der Waals surface area contributed by atoms with Crippen molar-refractivity contribution in [2.75, 3.05) is 38.4 Å². The minimum absolute atomic E-state index is 0. The van der Waals surface area contributed by atoms with Crippen LogP contribution in [0.15, 0.2) is 52.7 Å². The molecule has 0 unspecified atom stereocenters. The van der Waals surface area contributed by atoms with Crippen LogP contribution >= 0.6 is 0 Å². The number of nitrogens with one attached hydrogen (secondary N) is 3. The molecule has 0 bridgehead atoms. The second-order valence-electron chi connectivity index (χ2n) is 8.80. The molecule has 0 fully saturated rings. The molecule has 188 valence electrons. The number of nitro groups is 1. The van der Waals surface area contributed by atoms with Crippen LogP contribution in [0.25, 0.3) is 0 Å². The Morgan fingerprint density at radius 2 is 1.69 bits per heavy atom. The molecule has 0 radical (unpaired) electrons. The summed E-state index contributed by atoms with van der Waals surface area (Å²) in [5.74, 6) is -0.939. The fourth-order valence-electron chi connectivity index (χ4n) is 2.86. The Balaban J connectivity index is 0.00000612. The van der Waals surface area contributed by atoms with E-state index in [1.54, 1.807) is 25.1 Å². The molecule has 0 aliphatic rings. The van der Waals surface area contributed by atoms with Crippen LogP contribution in [-0.2, 0) is 9.59 Å². The Morgan fingerprint density at radius 3 is 2.29 bits per heavy atom. The molecule has 12 heteroatoms. The van der Waals surface area contributed by atoms with Crippen LogP contribution < -0.4 is 33.1 Å². The third-order valence-corrected chi connectivity index (χ3v) is 4.56. The number of amides is 2. The molecule has 2 rings (SSSR count). The molecule has 0 saturated carbocycles. The van der Waals surface area contributed by atoms with Crippen LogP contribution in [0.5, 0.6) is 0 Å². The van der Waals surface area contributed by atoms with Crippen molar-refractivity contribution >= 4 is 40.3 Å². The molecular weight excluding hydrogens is 518 g/mol. The van der Waals surface area contributed by atoms with Crippen molar-refractivity contribution < 1.29 is 36.0 Å². The number of aryl methyl sites for hydroxylation is 2. The largest absolute Gasteiger partial charge is 1.00 e. The summed E-state index contributed by atoms with van der Waals surface area (Å²) in [4.78, 5) is 36.1. The lowest BCUT2D eigenvalue weighted by Gasteiger charge is -2.22. The third-order valence-electron chi connectivity index (χ3n) is 4.56. The first-order valence-electron chi connectivity index (χ1n) is 10.5. The van der Waals surface area contributed by atoms with Crippen molar-refractivity contribution in [1.29, 1.82) is 0 Å². The van der Waals surface area contributed by atoms with Crippen molar-refractivity contribution in [3.63, 3.8) is 0 Å². The standard InChI is InChI=1S/C23H29N7O4.BrH/c1-15-11-12-19(20(13-15)29(33)34)26-28-22(17(3)25-27-21(31)14-30(4,5)6)23(32)24-18-10-8-7-9-16(18)2;/h7-13H,14H2,1-6H3,(H2-,24,25,26,27,28,31,32);1H. The van der Waals surface area contributed by atoms with E-state index in [9.17, 15) is 19.7 Å². The van der Waals surface area contributed by atoms with Gasteiger partial charge in [0.25, 0.3) is 17.5 Å². The van der Waals surface area contributed by atoms with Gasteiger partial charge < -0.3 is 26.8 Å². The monoisotopic (exact) mass is 547 g/mol. The number of hydrogen-bond acceptors (Lipinski definition) is 7. The maximum absolute atomic E-state index is 13.1. The molecule has 0 heterocycles. The lowest BCUT2D eigenvalue weighted by atomic mass is 10.2. The first-order valence-corrected chi connectivity index (χ1v) is 10.5. The van der Waals surface area contributed by atoms with Crippen LogP contribution in [-0.4, -0.2) is 60.3 Å². The average molecular weight is 548 g/mol. The summed E-state index contributed by atoms with van der Waals surface area (Å²) in [5, 5.41) is 22.3. The topological polar surface area (TPSA) is 138 Å². The van der Waals surface area contributed by atoms with E-state index >= 15 is 0 Å². The number of hydrazone groups is 2. The van der Waals surface area contributed by atoms with Crippen molar-refractivity contribution in [1.82, 2.24) is 5.43 Å². The molecule has 0 aromatic heterocycles. The highest BCUT2D eigenvalue weighted by molar-refractivity contribution is 6.68.